The third-order valence-electron chi connectivity index (χ3n) is 5.32. The van der Waals surface area contributed by atoms with Crippen LogP contribution in [0.4, 0.5) is 0 Å². The van der Waals surface area contributed by atoms with Crippen molar-refractivity contribution < 1.29 is 14.3 Å². The van der Waals surface area contributed by atoms with E-state index in [1.807, 2.05) is 9.80 Å². The minimum absolute atomic E-state index is 0.0291. The normalized spacial score (nSPS) is 19.9. The van der Waals surface area contributed by atoms with Crippen molar-refractivity contribution in [2.45, 2.75) is 45.1 Å². The van der Waals surface area contributed by atoms with Crippen LogP contribution in [0, 0.1) is 5.92 Å². The fraction of sp³-hybridized carbons (Fsp3) is 0.600. The number of ether oxygens (including phenoxy) is 1. The highest BCUT2D eigenvalue weighted by Gasteiger charge is 2.29. The van der Waals surface area contributed by atoms with E-state index in [2.05, 4.69) is 0 Å². The van der Waals surface area contributed by atoms with Gasteiger partial charge in [-0.05, 0) is 56.7 Å². The van der Waals surface area contributed by atoms with Gasteiger partial charge in [-0.3, -0.25) is 9.59 Å². The van der Waals surface area contributed by atoms with E-state index in [0.717, 1.165) is 38.8 Å². The van der Waals surface area contributed by atoms with E-state index >= 15 is 0 Å². The van der Waals surface area contributed by atoms with Crippen LogP contribution in [0.15, 0.2) is 18.2 Å². The average Bonchev–Trinajstić information content (AvgIpc) is 2.63. The molecule has 27 heavy (non-hydrogen) atoms. The Kier molecular flexibility index (Phi) is 6.88. The highest BCUT2D eigenvalue weighted by atomic mass is 35.5. The van der Waals surface area contributed by atoms with Crippen molar-refractivity contribution in [1.82, 2.24) is 9.80 Å². The Labute approximate surface area is 170 Å². The molecular weight excluding hydrogens is 387 g/mol. The van der Waals surface area contributed by atoms with Crippen molar-refractivity contribution in [3.63, 3.8) is 0 Å². The summed E-state index contributed by atoms with van der Waals surface area (Å²) in [4.78, 5) is 28.5. The summed E-state index contributed by atoms with van der Waals surface area (Å²) in [5, 5.41) is 0.954. The molecule has 7 heteroatoms. The third-order valence-corrected chi connectivity index (χ3v) is 5.76. The second-order valence-corrected chi connectivity index (χ2v) is 8.30. The number of nitrogens with zero attached hydrogens (tertiary/aromatic N) is 2. The summed E-state index contributed by atoms with van der Waals surface area (Å²) in [6, 6.07) is 4.93. The fourth-order valence-corrected chi connectivity index (χ4v) is 4.32. The molecule has 2 amide bonds. The Morgan fingerprint density at radius 3 is 2.44 bits per heavy atom. The number of carbonyl (C=O) groups is 2. The molecule has 2 fully saturated rings. The number of carbonyl (C=O) groups excluding carboxylic acids is 2. The van der Waals surface area contributed by atoms with E-state index < -0.39 is 6.10 Å². The van der Waals surface area contributed by atoms with Gasteiger partial charge in [0.25, 0.3) is 5.91 Å². The van der Waals surface area contributed by atoms with Crippen LogP contribution < -0.4 is 4.74 Å². The van der Waals surface area contributed by atoms with Gasteiger partial charge in [-0.1, -0.05) is 23.2 Å². The van der Waals surface area contributed by atoms with Crippen molar-refractivity contribution in [1.29, 1.82) is 0 Å². The van der Waals surface area contributed by atoms with Crippen LogP contribution in [-0.2, 0) is 9.59 Å². The fourth-order valence-electron chi connectivity index (χ4n) is 3.81. The molecule has 2 aliphatic rings. The maximum atomic E-state index is 12.7. The molecule has 0 radical (unpaired) electrons. The number of rotatable bonds is 5. The Morgan fingerprint density at radius 1 is 1.15 bits per heavy atom. The highest BCUT2D eigenvalue weighted by molar-refractivity contribution is 6.34. The smallest absolute Gasteiger partial charge is 0.263 e. The Hall–Kier alpha value is -1.46. The van der Waals surface area contributed by atoms with E-state index in [1.54, 1.807) is 25.1 Å². The molecule has 2 heterocycles. The summed E-state index contributed by atoms with van der Waals surface area (Å²) in [7, 11) is 0. The summed E-state index contributed by atoms with van der Waals surface area (Å²) in [5.41, 5.74) is 0. The standard InChI is InChI=1S/C20H26Cl2N2O3/c1-14(27-18-11-16(21)10-17(22)12-18)20(26)23-8-5-15(6-9-23)13-24-7-3-2-4-19(24)25/h10-12,14-15H,2-9,13H2,1H3. The lowest BCUT2D eigenvalue weighted by molar-refractivity contribution is -0.140. The average molecular weight is 413 g/mol. The van der Waals surface area contributed by atoms with Crippen LogP contribution in [0.5, 0.6) is 5.75 Å². The molecule has 0 spiro atoms. The van der Waals surface area contributed by atoms with E-state index in [-0.39, 0.29) is 11.8 Å². The molecule has 0 N–H and O–H groups in total. The monoisotopic (exact) mass is 412 g/mol. The number of amides is 2. The molecule has 0 bridgehead atoms. The summed E-state index contributed by atoms with van der Waals surface area (Å²) >= 11 is 12.0. The second-order valence-electron chi connectivity index (χ2n) is 7.43. The summed E-state index contributed by atoms with van der Waals surface area (Å²) in [5.74, 6) is 1.21. The lowest BCUT2D eigenvalue weighted by atomic mass is 9.95. The third kappa shape index (κ3) is 5.52. The molecular formula is C20H26Cl2N2O3. The molecule has 148 valence electrons. The summed E-state index contributed by atoms with van der Waals surface area (Å²) < 4.78 is 5.74. The van der Waals surface area contributed by atoms with Gasteiger partial charge < -0.3 is 14.5 Å². The van der Waals surface area contributed by atoms with Crippen molar-refractivity contribution >= 4 is 35.0 Å². The van der Waals surface area contributed by atoms with Crippen molar-refractivity contribution in [3.8, 4) is 5.75 Å². The molecule has 2 aliphatic heterocycles. The topological polar surface area (TPSA) is 49.9 Å². The highest BCUT2D eigenvalue weighted by Crippen LogP contribution is 2.26. The number of piperidine rings is 2. The van der Waals surface area contributed by atoms with Crippen LogP contribution >= 0.6 is 23.2 Å². The van der Waals surface area contributed by atoms with E-state index in [1.165, 1.54) is 0 Å². The number of hydrogen-bond donors (Lipinski definition) is 0. The van der Waals surface area contributed by atoms with Crippen molar-refractivity contribution in [3.05, 3.63) is 28.2 Å². The quantitative estimate of drug-likeness (QED) is 0.733. The van der Waals surface area contributed by atoms with Gasteiger partial charge in [-0.2, -0.15) is 0 Å². The Bertz CT molecular complexity index is 670. The Morgan fingerprint density at radius 2 is 1.81 bits per heavy atom. The number of benzene rings is 1. The van der Waals surface area contributed by atoms with E-state index in [9.17, 15) is 9.59 Å². The number of hydrogen-bond acceptors (Lipinski definition) is 3. The van der Waals surface area contributed by atoms with Gasteiger partial charge in [-0.25, -0.2) is 0 Å². The second kappa shape index (κ2) is 9.16. The molecule has 1 aromatic carbocycles. The van der Waals surface area contributed by atoms with Crippen LogP contribution in [0.25, 0.3) is 0 Å². The minimum atomic E-state index is -0.597. The molecule has 1 aromatic rings. The molecule has 1 atom stereocenters. The Balaban J connectivity index is 1.48. The van der Waals surface area contributed by atoms with Crippen LogP contribution in [-0.4, -0.2) is 53.9 Å². The molecule has 0 saturated carbocycles. The minimum Gasteiger partial charge on any atom is -0.481 e. The van der Waals surface area contributed by atoms with Gasteiger partial charge in [0.2, 0.25) is 5.91 Å². The molecule has 3 rings (SSSR count). The van der Waals surface area contributed by atoms with E-state index in [4.69, 9.17) is 27.9 Å². The van der Waals surface area contributed by atoms with Gasteiger partial charge in [0, 0.05) is 42.6 Å². The van der Waals surface area contributed by atoms with Crippen LogP contribution in [0.1, 0.15) is 39.0 Å². The summed E-state index contributed by atoms with van der Waals surface area (Å²) in [6.07, 6.45) is 4.04. The van der Waals surface area contributed by atoms with Crippen LogP contribution in [0.2, 0.25) is 10.0 Å². The predicted molar refractivity (Wildman–Crippen MR) is 106 cm³/mol. The van der Waals surface area contributed by atoms with Gasteiger partial charge in [0.15, 0.2) is 6.10 Å². The van der Waals surface area contributed by atoms with E-state index in [0.29, 0.717) is 41.2 Å². The van der Waals surface area contributed by atoms with Gasteiger partial charge in [0.1, 0.15) is 5.75 Å². The molecule has 2 saturated heterocycles. The SMILES string of the molecule is CC(Oc1cc(Cl)cc(Cl)c1)C(=O)N1CCC(CN2CCCCC2=O)CC1. The zero-order valence-electron chi connectivity index (χ0n) is 15.6. The largest absolute Gasteiger partial charge is 0.481 e. The lowest BCUT2D eigenvalue weighted by Gasteiger charge is -2.36. The zero-order valence-corrected chi connectivity index (χ0v) is 17.1. The first-order valence-corrected chi connectivity index (χ1v) is 10.4. The van der Waals surface area contributed by atoms with Gasteiger partial charge >= 0.3 is 0 Å². The molecule has 0 aromatic heterocycles. The maximum absolute atomic E-state index is 12.7. The number of likely N-dealkylation sites (tertiary alicyclic amines) is 2. The number of halogens is 2. The van der Waals surface area contributed by atoms with Crippen molar-refractivity contribution in [2.24, 2.45) is 5.92 Å². The molecule has 1 unspecified atom stereocenters. The predicted octanol–water partition coefficient (Wildman–Crippen LogP) is 4.01. The van der Waals surface area contributed by atoms with Crippen LogP contribution in [0.3, 0.4) is 0 Å². The maximum Gasteiger partial charge on any atom is 0.263 e. The van der Waals surface area contributed by atoms with Crippen molar-refractivity contribution in [2.75, 3.05) is 26.2 Å². The molecule has 0 aliphatic carbocycles. The summed E-state index contributed by atoms with van der Waals surface area (Å²) in [6.45, 7) is 4.86. The van der Waals surface area contributed by atoms with Gasteiger partial charge in [-0.15, -0.1) is 0 Å². The molecule has 5 nitrogen and oxygen atoms in total. The van der Waals surface area contributed by atoms with Gasteiger partial charge in [0.05, 0.1) is 0 Å². The first-order chi connectivity index (χ1) is 12.9. The first kappa shape index (κ1) is 20.3. The zero-order chi connectivity index (χ0) is 19.4. The lowest BCUT2D eigenvalue weighted by Crippen LogP contribution is -2.47. The first-order valence-electron chi connectivity index (χ1n) is 9.61.